The first-order valence-electron chi connectivity index (χ1n) is 11.8. The van der Waals surface area contributed by atoms with Gasteiger partial charge in [0.25, 0.3) is 5.91 Å². The number of nitrogens with zero attached hydrogens (tertiary/aromatic N) is 2. The average molecular weight is 518 g/mol. The number of fused-ring (bicyclic) bond motifs is 1. The number of nitrogens with one attached hydrogen (secondary N) is 3. The SMILES string of the molecule is Nc1nc(N)c2c(CCc3ccc(C(=O)N[C@@H](CCC(=O)Nc4cccc(O)c4)C(=O)O)cc3)c[nH]c2n1. The number of aliphatic carboxylic acids is 1. The number of rotatable bonds is 10. The minimum Gasteiger partial charge on any atom is -0.508 e. The van der Waals surface area contributed by atoms with Crippen molar-refractivity contribution in [3.05, 3.63) is 71.4 Å². The Morgan fingerprint density at radius 1 is 1.03 bits per heavy atom. The third-order valence-electron chi connectivity index (χ3n) is 5.95. The van der Waals surface area contributed by atoms with Crippen LogP contribution in [0.1, 0.15) is 34.3 Å². The molecular formula is C26H27N7O5. The first kappa shape index (κ1) is 25.9. The van der Waals surface area contributed by atoms with Crippen molar-refractivity contribution in [3.8, 4) is 5.75 Å². The van der Waals surface area contributed by atoms with Crippen LogP contribution in [-0.2, 0) is 22.4 Å². The van der Waals surface area contributed by atoms with Crippen LogP contribution in [0.15, 0.2) is 54.7 Å². The van der Waals surface area contributed by atoms with Crippen LogP contribution in [0.4, 0.5) is 17.5 Å². The maximum Gasteiger partial charge on any atom is 0.326 e. The molecule has 0 aliphatic rings. The van der Waals surface area contributed by atoms with E-state index >= 15 is 0 Å². The molecule has 0 fully saturated rings. The van der Waals surface area contributed by atoms with Gasteiger partial charge in [-0.1, -0.05) is 18.2 Å². The number of anilines is 3. The Kier molecular flexibility index (Phi) is 7.71. The maximum atomic E-state index is 12.7. The monoisotopic (exact) mass is 517 g/mol. The zero-order valence-corrected chi connectivity index (χ0v) is 20.3. The van der Waals surface area contributed by atoms with Gasteiger partial charge < -0.3 is 37.3 Å². The number of carbonyl (C=O) groups excluding carboxylic acids is 2. The molecule has 9 N–H and O–H groups in total. The van der Waals surface area contributed by atoms with E-state index in [1.165, 1.54) is 12.1 Å². The number of carbonyl (C=O) groups is 3. The van der Waals surface area contributed by atoms with E-state index in [9.17, 15) is 24.6 Å². The third-order valence-corrected chi connectivity index (χ3v) is 5.95. The summed E-state index contributed by atoms with van der Waals surface area (Å²) in [6.45, 7) is 0. The molecule has 0 aliphatic heterocycles. The van der Waals surface area contributed by atoms with Gasteiger partial charge in [-0.15, -0.1) is 0 Å². The smallest absolute Gasteiger partial charge is 0.326 e. The van der Waals surface area contributed by atoms with E-state index < -0.39 is 23.8 Å². The summed E-state index contributed by atoms with van der Waals surface area (Å²) in [6.07, 6.45) is 2.88. The second-order valence-corrected chi connectivity index (χ2v) is 8.70. The number of phenolic OH excluding ortho intramolecular Hbond substituents is 1. The topological polar surface area (TPSA) is 209 Å². The molecule has 2 aromatic heterocycles. The van der Waals surface area contributed by atoms with Crippen LogP contribution in [0.3, 0.4) is 0 Å². The van der Waals surface area contributed by atoms with Crippen LogP contribution in [0, 0.1) is 0 Å². The molecule has 0 unspecified atom stereocenters. The summed E-state index contributed by atoms with van der Waals surface area (Å²) >= 11 is 0. The van der Waals surface area contributed by atoms with Crippen molar-refractivity contribution < 1.29 is 24.6 Å². The van der Waals surface area contributed by atoms with Gasteiger partial charge in [0, 0.05) is 29.9 Å². The zero-order chi connectivity index (χ0) is 27.2. The van der Waals surface area contributed by atoms with Crippen molar-refractivity contribution in [2.75, 3.05) is 16.8 Å². The molecule has 12 heteroatoms. The second kappa shape index (κ2) is 11.3. The largest absolute Gasteiger partial charge is 0.508 e. The van der Waals surface area contributed by atoms with E-state index in [1.54, 1.807) is 36.4 Å². The number of aromatic hydroxyl groups is 1. The van der Waals surface area contributed by atoms with E-state index in [-0.39, 0.29) is 24.5 Å². The lowest BCUT2D eigenvalue weighted by Crippen LogP contribution is -2.41. The first-order chi connectivity index (χ1) is 18.2. The van der Waals surface area contributed by atoms with Crippen molar-refractivity contribution in [1.29, 1.82) is 0 Å². The molecule has 0 saturated carbocycles. The number of phenols is 1. The number of H-pyrrole nitrogens is 1. The fraction of sp³-hybridized carbons (Fsp3) is 0.192. The van der Waals surface area contributed by atoms with E-state index in [1.807, 2.05) is 6.20 Å². The van der Waals surface area contributed by atoms with Crippen molar-refractivity contribution in [3.63, 3.8) is 0 Å². The number of hydrogen-bond acceptors (Lipinski definition) is 8. The Labute approximate surface area is 217 Å². The Morgan fingerprint density at radius 2 is 1.79 bits per heavy atom. The number of aromatic nitrogens is 3. The lowest BCUT2D eigenvalue weighted by molar-refractivity contribution is -0.139. The van der Waals surface area contributed by atoms with Gasteiger partial charge in [-0.05, 0) is 54.7 Å². The molecule has 2 heterocycles. The van der Waals surface area contributed by atoms with Gasteiger partial charge in [0.05, 0.1) is 5.39 Å². The maximum absolute atomic E-state index is 12.7. The highest BCUT2D eigenvalue weighted by atomic mass is 16.4. The quantitative estimate of drug-likeness (QED) is 0.164. The lowest BCUT2D eigenvalue weighted by atomic mass is 10.0. The number of carboxylic acids is 1. The molecule has 0 saturated heterocycles. The van der Waals surface area contributed by atoms with E-state index in [0.29, 0.717) is 35.6 Å². The highest BCUT2D eigenvalue weighted by Gasteiger charge is 2.22. The Bertz CT molecular complexity index is 1480. The number of aromatic amines is 1. The molecule has 4 rings (SSSR count). The summed E-state index contributed by atoms with van der Waals surface area (Å²) in [5.74, 6) is -1.85. The van der Waals surface area contributed by atoms with E-state index in [2.05, 4.69) is 25.6 Å². The minimum absolute atomic E-state index is 0.00707. The standard InChI is InChI=1S/C26H27N7O5/c27-22-21-16(13-29-23(21)33-26(28)32-22)9-6-14-4-7-15(8-5-14)24(36)31-19(25(37)38)10-11-20(35)30-17-2-1-3-18(34)12-17/h1-5,7-8,12-13,19,34H,6,9-11H2,(H,30,35)(H,31,36)(H,37,38)(H5,27,28,29,32,33)/t19-/m0/s1. The average Bonchev–Trinajstić information content (AvgIpc) is 3.28. The number of benzene rings is 2. The molecule has 38 heavy (non-hydrogen) atoms. The van der Waals surface area contributed by atoms with Crippen LogP contribution >= 0.6 is 0 Å². The van der Waals surface area contributed by atoms with Gasteiger partial charge in [-0.25, -0.2) is 4.79 Å². The molecular weight excluding hydrogens is 490 g/mol. The molecule has 0 bridgehead atoms. The van der Waals surface area contributed by atoms with Gasteiger partial charge in [0.1, 0.15) is 23.3 Å². The van der Waals surface area contributed by atoms with Crippen LogP contribution in [0.25, 0.3) is 11.0 Å². The third kappa shape index (κ3) is 6.35. The summed E-state index contributed by atoms with van der Waals surface area (Å²) in [7, 11) is 0. The van der Waals surface area contributed by atoms with Gasteiger partial charge in [0.15, 0.2) is 0 Å². The van der Waals surface area contributed by atoms with Gasteiger partial charge >= 0.3 is 5.97 Å². The molecule has 2 amide bonds. The normalized spacial score (nSPS) is 11.7. The number of hydrogen-bond donors (Lipinski definition) is 7. The van der Waals surface area contributed by atoms with Crippen LogP contribution in [0.5, 0.6) is 5.75 Å². The highest BCUT2D eigenvalue weighted by molar-refractivity contribution is 5.97. The minimum atomic E-state index is -1.25. The van der Waals surface area contributed by atoms with E-state index in [0.717, 1.165) is 16.5 Å². The van der Waals surface area contributed by atoms with Crippen molar-refractivity contribution in [1.82, 2.24) is 20.3 Å². The molecule has 1 atom stereocenters. The number of aryl methyl sites for hydroxylation is 2. The number of carboxylic acid groups (broad SMARTS) is 1. The summed E-state index contributed by atoms with van der Waals surface area (Å²) in [6, 6.07) is 11.6. The van der Waals surface area contributed by atoms with Crippen LogP contribution in [-0.4, -0.2) is 49.0 Å². The first-order valence-corrected chi connectivity index (χ1v) is 11.8. The Morgan fingerprint density at radius 3 is 2.50 bits per heavy atom. The van der Waals surface area contributed by atoms with Crippen molar-refractivity contribution in [2.45, 2.75) is 31.7 Å². The molecule has 196 valence electrons. The second-order valence-electron chi connectivity index (χ2n) is 8.70. The Balaban J connectivity index is 1.31. The molecule has 0 radical (unpaired) electrons. The number of amides is 2. The fourth-order valence-electron chi connectivity index (χ4n) is 4.03. The van der Waals surface area contributed by atoms with Crippen molar-refractivity contribution in [2.24, 2.45) is 0 Å². The molecule has 2 aromatic carbocycles. The van der Waals surface area contributed by atoms with Gasteiger partial charge in [-0.2, -0.15) is 9.97 Å². The van der Waals surface area contributed by atoms with Crippen LogP contribution < -0.4 is 22.1 Å². The van der Waals surface area contributed by atoms with Crippen molar-refractivity contribution >= 4 is 46.3 Å². The molecule has 0 aliphatic carbocycles. The zero-order valence-electron chi connectivity index (χ0n) is 20.3. The van der Waals surface area contributed by atoms with Gasteiger partial charge in [-0.3, -0.25) is 9.59 Å². The van der Waals surface area contributed by atoms with E-state index in [4.69, 9.17) is 11.5 Å². The summed E-state index contributed by atoms with van der Waals surface area (Å²) in [4.78, 5) is 47.7. The summed E-state index contributed by atoms with van der Waals surface area (Å²) in [5.41, 5.74) is 14.8. The fourth-order valence-corrected chi connectivity index (χ4v) is 4.03. The molecule has 0 spiro atoms. The number of nitrogens with two attached hydrogens (primary N) is 2. The molecule has 12 nitrogen and oxygen atoms in total. The molecule has 4 aromatic rings. The Hall–Kier alpha value is -5.13. The lowest BCUT2D eigenvalue weighted by Gasteiger charge is -2.15. The predicted molar refractivity (Wildman–Crippen MR) is 141 cm³/mol. The number of nitrogen functional groups attached to an aromatic ring is 2. The predicted octanol–water partition coefficient (Wildman–Crippen LogP) is 2.21. The summed E-state index contributed by atoms with van der Waals surface area (Å²) in [5, 5.41) is 24.8. The summed E-state index contributed by atoms with van der Waals surface area (Å²) < 4.78 is 0. The van der Waals surface area contributed by atoms with Gasteiger partial charge in [0.2, 0.25) is 11.9 Å². The highest BCUT2D eigenvalue weighted by Crippen LogP contribution is 2.24. The van der Waals surface area contributed by atoms with Crippen LogP contribution in [0.2, 0.25) is 0 Å².